The van der Waals surface area contributed by atoms with Gasteiger partial charge in [0.15, 0.2) is 0 Å². The van der Waals surface area contributed by atoms with Crippen molar-refractivity contribution in [1.29, 1.82) is 5.26 Å². The molecular formula is C20H17Cl2N3O2. The number of benzene rings is 2. The Balaban J connectivity index is 1.62. The number of nitrogens with zero attached hydrogens (tertiary/aromatic N) is 2. The number of halogens is 2. The third-order valence-electron chi connectivity index (χ3n) is 4.68. The van der Waals surface area contributed by atoms with Gasteiger partial charge in [-0.2, -0.15) is 5.26 Å². The normalized spacial score (nSPS) is 14.5. The van der Waals surface area contributed by atoms with Crippen molar-refractivity contribution in [3.8, 4) is 6.07 Å². The van der Waals surface area contributed by atoms with Gasteiger partial charge in [0.25, 0.3) is 0 Å². The van der Waals surface area contributed by atoms with Crippen molar-refractivity contribution in [3.63, 3.8) is 0 Å². The minimum atomic E-state index is -0.140. The molecule has 2 aromatic carbocycles. The largest absolute Gasteiger partial charge is 0.371 e. The monoisotopic (exact) mass is 401 g/mol. The lowest BCUT2D eigenvalue weighted by Gasteiger charge is -2.33. The molecule has 0 spiro atoms. The summed E-state index contributed by atoms with van der Waals surface area (Å²) in [6.07, 6.45) is 2.22. The Morgan fingerprint density at radius 2 is 1.74 bits per heavy atom. The zero-order chi connectivity index (χ0) is 19.4. The van der Waals surface area contributed by atoms with Crippen LogP contribution in [0.15, 0.2) is 36.4 Å². The summed E-state index contributed by atoms with van der Waals surface area (Å²) in [5, 5.41) is 12.2. The summed E-state index contributed by atoms with van der Waals surface area (Å²) in [5.74, 6) is -0.266. The van der Waals surface area contributed by atoms with Gasteiger partial charge >= 0.3 is 0 Å². The Morgan fingerprint density at radius 3 is 2.26 bits per heavy atom. The Hall–Kier alpha value is -2.55. The van der Waals surface area contributed by atoms with Gasteiger partial charge in [-0.1, -0.05) is 23.2 Å². The lowest BCUT2D eigenvalue weighted by Crippen LogP contribution is -2.38. The van der Waals surface area contributed by atoms with Crippen molar-refractivity contribution in [1.82, 2.24) is 0 Å². The summed E-state index contributed by atoms with van der Waals surface area (Å²) in [4.78, 5) is 25.5. The van der Waals surface area contributed by atoms with Gasteiger partial charge < -0.3 is 10.2 Å². The predicted molar refractivity (Wildman–Crippen MR) is 107 cm³/mol. The molecule has 1 saturated heterocycles. The average molecular weight is 402 g/mol. The van der Waals surface area contributed by atoms with Gasteiger partial charge in [0.05, 0.1) is 27.4 Å². The first-order valence-electron chi connectivity index (χ1n) is 8.52. The number of hydrogen-bond donors (Lipinski definition) is 1. The second-order valence-corrected chi connectivity index (χ2v) is 7.20. The van der Waals surface area contributed by atoms with Crippen LogP contribution in [0, 0.1) is 17.2 Å². The van der Waals surface area contributed by atoms with E-state index in [1.54, 1.807) is 12.1 Å². The Labute approximate surface area is 167 Å². The van der Waals surface area contributed by atoms with Crippen LogP contribution in [0.4, 0.5) is 11.4 Å². The smallest absolute Gasteiger partial charge is 0.227 e. The molecule has 0 saturated carbocycles. The van der Waals surface area contributed by atoms with E-state index in [1.165, 1.54) is 12.1 Å². The Bertz CT molecular complexity index is 875. The van der Waals surface area contributed by atoms with Crippen LogP contribution in [-0.4, -0.2) is 25.3 Å². The standard InChI is InChI=1S/C20H17Cl2N3O2/c21-17-9-14(11-23)10-18(22)19(17)24-20(27)15-5-7-25(8-6-15)16-3-1-13(12-26)2-4-16/h1-4,9-10,12,15H,5-8H2,(H,24,27). The van der Waals surface area contributed by atoms with E-state index in [2.05, 4.69) is 10.2 Å². The molecule has 27 heavy (non-hydrogen) atoms. The maximum atomic E-state index is 12.6. The van der Waals surface area contributed by atoms with Gasteiger partial charge in [0, 0.05) is 30.3 Å². The third-order valence-corrected chi connectivity index (χ3v) is 5.28. The van der Waals surface area contributed by atoms with E-state index < -0.39 is 0 Å². The first kappa shape index (κ1) is 19.2. The molecule has 0 aromatic heterocycles. The molecule has 0 bridgehead atoms. The molecule has 0 unspecified atom stereocenters. The molecule has 0 aliphatic carbocycles. The van der Waals surface area contributed by atoms with Crippen LogP contribution in [0.3, 0.4) is 0 Å². The maximum absolute atomic E-state index is 12.6. The van der Waals surface area contributed by atoms with Crippen LogP contribution in [0.1, 0.15) is 28.8 Å². The molecule has 1 N–H and O–H groups in total. The van der Waals surface area contributed by atoms with E-state index in [1.807, 2.05) is 18.2 Å². The molecule has 1 heterocycles. The number of amides is 1. The first-order valence-corrected chi connectivity index (χ1v) is 9.27. The van der Waals surface area contributed by atoms with Crippen LogP contribution >= 0.6 is 23.2 Å². The molecule has 1 fully saturated rings. The fourth-order valence-electron chi connectivity index (χ4n) is 3.15. The average Bonchev–Trinajstić information content (AvgIpc) is 2.70. The van der Waals surface area contributed by atoms with Crippen molar-refractivity contribution in [2.45, 2.75) is 12.8 Å². The van der Waals surface area contributed by atoms with E-state index in [0.717, 1.165) is 25.1 Å². The number of aldehydes is 1. The zero-order valence-corrected chi connectivity index (χ0v) is 15.9. The highest BCUT2D eigenvalue weighted by Gasteiger charge is 2.26. The Morgan fingerprint density at radius 1 is 1.15 bits per heavy atom. The minimum Gasteiger partial charge on any atom is -0.371 e. The van der Waals surface area contributed by atoms with Gasteiger partial charge in [-0.25, -0.2) is 0 Å². The highest BCUT2D eigenvalue weighted by Crippen LogP contribution is 2.33. The lowest BCUT2D eigenvalue weighted by molar-refractivity contribution is -0.120. The summed E-state index contributed by atoms with van der Waals surface area (Å²) in [5.41, 5.74) is 2.37. The van der Waals surface area contributed by atoms with Gasteiger partial charge in [-0.15, -0.1) is 0 Å². The fraction of sp³-hybridized carbons (Fsp3) is 0.250. The molecule has 1 amide bonds. The van der Waals surface area contributed by atoms with E-state index in [4.69, 9.17) is 28.5 Å². The van der Waals surface area contributed by atoms with Crippen molar-refractivity contribution >= 4 is 46.8 Å². The predicted octanol–water partition coefficient (Wildman–Crippen LogP) is 4.53. The molecule has 0 radical (unpaired) electrons. The minimum absolute atomic E-state index is 0.125. The van der Waals surface area contributed by atoms with E-state index in [-0.39, 0.29) is 21.9 Å². The second-order valence-electron chi connectivity index (χ2n) is 6.39. The molecule has 1 aliphatic heterocycles. The second kappa shape index (κ2) is 8.43. The number of piperidine rings is 1. The van der Waals surface area contributed by atoms with E-state index in [9.17, 15) is 9.59 Å². The third kappa shape index (κ3) is 4.41. The molecule has 1 aliphatic rings. The van der Waals surface area contributed by atoms with Crippen LogP contribution in [0.25, 0.3) is 0 Å². The Kier molecular flexibility index (Phi) is 6.00. The van der Waals surface area contributed by atoms with Crippen molar-refractivity contribution in [2.24, 2.45) is 5.92 Å². The van der Waals surface area contributed by atoms with Crippen molar-refractivity contribution in [3.05, 3.63) is 57.6 Å². The number of anilines is 2. The van der Waals surface area contributed by atoms with Crippen molar-refractivity contribution < 1.29 is 9.59 Å². The summed E-state index contributed by atoms with van der Waals surface area (Å²) >= 11 is 12.3. The van der Waals surface area contributed by atoms with Crippen LogP contribution in [0.2, 0.25) is 10.0 Å². The van der Waals surface area contributed by atoms with Gasteiger partial charge in [-0.3, -0.25) is 9.59 Å². The van der Waals surface area contributed by atoms with Gasteiger partial charge in [0.1, 0.15) is 6.29 Å². The van der Waals surface area contributed by atoms with E-state index in [0.29, 0.717) is 29.7 Å². The van der Waals surface area contributed by atoms with Crippen molar-refractivity contribution in [2.75, 3.05) is 23.3 Å². The highest BCUT2D eigenvalue weighted by atomic mass is 35.5. The quantitative estimate of drug-likeness (QED) is 0.763. The van der Waals surface area contributed by atoms with Crippen LogP contribution < -0.4 is 10.2 Å². The van der Waals surface area contributed by atoms with Gasteiger partial charge in [-0.05, 0) is 49.2 Å². The van der Waals surface area contributed by atoms with E-state index >= 15 is 0 Å². The first-order chi connectivity index (χ1) is 13.0. The summed E-state index contributed by atoms with van der Waals surface area (Å²) in [6, 6.07) is 12.3. The number of rotatable bonds is 4. The topological polar surface area (TPSA) is 73.2 Å². The van der Waals surface area contributed by atoms with Crippen LogP contribution in [0.5, 0.6) is 0 Å². The lowest BCUT2D eigenvalue weighted by atomic mass is 9.95. The molecule has 0 atom stereocenters. The number of nitrogens with one attached hydrogen (secondary N) is 1. The maximum Gasteiger partial charge on any atom is 0.227 e. The molecule has 7 heteroatoms. The molecule has 3 rings (SSSR count). The molecular weight excluding hydrogens is 385 g/mol. The fourth-order valence-corrected chi connectivity index (χ4v) is 3.73. The summed E-state index contributed by atoms with van der Waals surface area (Å²) in [6.45, 7) is 1.49. The van der Waals surface area contributed by atoms with Gasteiger partial charge in [0.2, 0.25) is 5.91 Å². The summed E-state index contributed by atoms with van der Waals surface area (Å²) in [7, 11) is 0. The number of carbonyl (C=O) groups excluding carboxylic acids is 2. The number of carbonyl (C=O) groups is 2. The zero-order valence-electron chi connectivity index (χ0n) is 14.4. The highest BCUT2D eigenvalue weighted by molar-refractivity contribution is 6.40. The van der Waals surface area contributed by atoms with Crippen LogP contribution in [-0.2, 0) is 4.79 Å². The summed E-state index contributed by atoms with van der Waals surface area (Å²) < 4.78 is 0. The molecule has 138 valence electrons. The SMILES string of the molecule is N#Cc1cc(Cl)c(NC(=O)C2CCN(c3ccc(C=O)cc3)CC2)c(Cl)c1. The number of nitriles is 1. The molecule has 5 nitrogen and oxygen atoms in total. The number of hydrogen-bond acceptors (Lipinski definition) is 4. The molecule has 2 aromatic rings.